The predicted molar refractivity (Wildman–Crippen MR) is 144 cm³/mol. The summed E-state index contributed by atoms with van der Waals surface area (Å²) in [7, 11) is 2.17. The number of aliphatic hydroxyl groups is 1. The maximum Gasteiger partial charge on any atom is 0.256 e. The number of aromatic nitrogens is 3. The van der Waals surface area contributed by atoms with Crippen LogP contribution in [0.1, 0.15) is 53.9 Å². The number of rotatable bonds is 8. The highest BCUT2D eigenvalue weighted by atomic mass is 16.3. The van der Waals surface area contributed by atoms with Gasteiger partial charge in [0.2, 0.25) is 5.95 Å². The summed E-state index contributed by atoms with van der Waals surface area (Å²) in [4.78, 5) is 28.7. The minimum absolute atomic E-state index is 0.269. The number of hydrogen-bond acceptors (Lipinski definition) is 8. The molecule has 2 aliphatic rings. The summed E-state index contributed by atoms with van der Waals surface area (Å²) in [6.07, 6.45) is 5.58. The second-order valence-corrected chi connectivity index (χ2v) is 10.5. The lowest BCUT2D eigenvalue weighted by atomic mass is 9.87. The van der Waals surface area contributed by atoms with E-state index >= 15 is 0 Å². The van der Waals surface area contributed by atoms with Crippen molar-refractivity contribution >= 4 is 29.2 Å². The number of carbonyl (C=O) groups is 1. The summed E-state index contributed by atoms with van der Waals surface area (Å²) in [6.45, 7) is 9.32. The van der Waals surface area contributed by atoms with E-state index in [1.165, 1.54) is 30.2 Å². The molecule has 0 bridgehead atoms. The van der Waals surface area contributed by atoms with Gasteiger partial charge in [-0.2, -0.15) is 4.98 Å². The van der Waals surface area contributed by atoms with Gasteiger partial charge >= 0.3 is 0 Å². The molecule has 1 aliphatic carbocycles. The van der Waals surface area contributed by atoms with Gasteiger partial charge < -0.3 is 26.0 Å². The number of nitrogens with one attached hydrogen (secondary N) is 3. The van der Waals surface area contributed by atoms with Crippen LogP contribution in [0.15, 0.2) is 55.3 Å². The Balaban J connectivity index is 1.44. The molecule has 2 aromatic heterocycles. The van der Waals surface area contributed by atoms with Crippen molar-refractivity contribution in [1.29, 1.82) is 0 Å². The standard InChI is InChI=1S/C28H33N7O2/c1-5-13-29-25(36)20-15-30-26(34-24(20)33-23-8-6-7-22(32-23)27(2,3)37)31-19-9-10-21-18(14-19)16-35(4)17-28(21)11-12-28/h5-10,14-15,37H,1,11-13,16-17H2,2-4H3,(H,29,36)(H2,30,31,32,33,34). The molecule has 1 fully saturated rings. The van der Waals surface area contributed by atoms with E-state index in [1.54, 1.807) is 38.1 Å². The minimum atomic E-state index is -1.11. The van der Waals surface area contributed by atoms with Crippen molar-refractivity contribution in [1.82, 2.24) is 25.2 Å². The zero-order chi connectivity index (χ0) is 26.2. The first kappa shape index (κ1) is 24.9. The predicted octanol–water partition coefficient (Wildman–Crippen LogP) is 3.98. The van der Waals surface area contributed by atoms with E-state index in [0.717, 1.165) is 18.8 Å². The molecule has 0 saturated heterocycles. The first-order valence-corrected chi connectivity index (χ1v) is 12.5. The van der Waals surface area contributed by atoms with E-state index in [9.17, 15) is 9.90 Å². The Labute approximate surface area is 217 Å². The second kappa shape index (κ2) is 9.57. The lowest BCUT2D eigenvalue weighted by molar-refractivity contribution is 0.0740. The van der Waals surface area contributed by atoms with E-state index in [2.05, 4.69) is 67.6 Å². The van der Waals surface area contributed by atoms with E-state index < -0.39 is 5.60 Å². The molecule has 0 atom stereocenters. The van der Waals surface area contributed by atoms with E-state index in [-0.39, 0.29) is 11.5 Å². The molecule has 0 unspecified atom stereocenters. The number of benzene rings is 1. The van der Waals surface area contributed by atoms with Crippen molar-refractivity contribution in [3.8, 4) is 0 Å². The van der Waals surface area contributed by atoms with Crippen LogP contribution in [0.25, 0.3) is 0 Å². The molecule has 3 heterocycles. The Morgan fingerprint density at radius 1 is 1.22 bits per heavy atom. The third-order valence-electron chi connectivity index (χ3n) is 6.86. The zero-order valence-electron chi connectivity index (χ0n) is 21.5. The highest BCUT2D eigenvalue weighted by Crippen LogP contribution is 2.52. The minimum Gasteiger partial charge on any atom is -0.384 e. The van der Waals surface area contributed by atoms with Crippen LogP contribution in [-0.2, 0) is 17.6 Å². The number of carbonyl (C=O) groups excluding carboxylic acids is 1. The number of amides is 1. The van der Waals surface area contributed by atoms with Crippen molar-refractivity contribution < 1.29 is 9.90 Å². The molecule has 192 valence electrons. The molecular weight excluding hydrogens is 466 g/mol. The molecule has 1 saturated carbocycles. The van der Waals surface area contributed by atoms with Gasteiger partial charge in [-0.1, -0.05) is 18.2 Å². The molecular formula is C28H33N7O2. The summed E-state index contributed by atoms with van der Waals surface area (Å²) in [6, 6.07) is 11.7. The maximum absolute atomic E-state index is 12.8. The van der Waals surface area contributed by atoms with Crippen LogP contribution in [0.2, 0.25) is 0 Å². The Kier molecular flexibility index (Phi) is 6.43. The van der Waals surface area contributed by atoms with Crippen LogP contribution in [0, 0.1) is 0 Å². The van der Waals surface area contributed by atoms with Crippen LogP contribution in [-0.4, -0.2) is 51.0 Å². The van der Waals surface area contributed by atoms with Crippen molar-refractivity contribution in [2.24, 2.45) is 0 Å². The fourth-order valence-corrected chi connectivity index (χ4v) is 4.91. The topological polar surface area (TPSA) is 115 Å². The van der Waals surface area contributed by atoms with Gasteiger partial charge in [0.1, 0.15) is 22.8 Å². The van der Waals surface area contributed by atoms with Gasteiger partial charge in [-0.15, -0.1) is 6.58 Å². The molecule has 3 aromatic rings. The Morgan fingerprint density at radius 3 is 2.76 bits per heavy atom. The van der Waals surface area contributed by atoms with Crippen LogP contribution in [0.4, 0.5) is 23.3 Å². The molecule has 37 heavy (non-hydrogen) atoms. The lowest BCUT2D eigenvalue weighted by Crippen LogP contribution is -2.35. The Morgan fingerprint density at radius 2 is 2.03 bits per heavy atom. The van der Waals surface area contributed by atoms with Crippen molar-refractivity contribution in [2.45, 2.75) is 44.2 Å². The smallest absolute Gasteiger partial charge is 0.256 e. The number of hydrogen-bond donors (Lipinski definition) is 4. The molecule has 1 amide bonds. The van der Waals surface area contributed by atoms with Gasteiger partial charge in [0.25, 0.3) is 5.91 Å². The molecule has 1 aromatic carbocycles. The summed E-state index contributed by atoms with van der Waals surface area (Å²) in [5.41, 5.74) is 3.64. The number of fused-ring (bicyclic) bond motifs is 2. The van der Waals surface area contributed by atoms with E-state index in [4.69, 9.17) is 0 Å². The molecule has 0 radical (unpaired) electrons. The SMILES string of the molecule is C=CCNC(=O)c1cnc(Nc2ccc3c(c2)CN(C)CC32CC2)nc1Nc1cccc(C(C)(C)O)n1. The van der Waals surface area contributed by atoms with Gasteiger partial charge in [0.05, 0.1) is 5.69 Å². The largest absolute Gasteiger partial charge is 0.384 e. The van der Waals surface area contributed by atoms with Crippen LogP contribution < -0.4 is 16.0 Å². The highest BCUT2D eigenvalue weighted by molar-refractivity contribution is 5.99. The van der Waals surface area contributed by atoms with Gasteiger partial charge in [0.15, 0.2) is 0 Å². The van der Waals surface area contributed by atoms with Crippen molar-refractivity contribution in [3.63, 3.8) is 0 Å². The van der Waals surface area contributed by atoms with Crippen molar-refractivity contribution in [3.05, 3.63) is 77.6 Å². The number of likely N-dealkylation sites (N-methyl/N-ethyl adjacent to an activating group) is 1. The summed E-state index contributed by atoms with van der Waals surface area (Å²) >= 11 is 0. The third kappa shape index (κ3) is 5.33. The molecule has 4 N–H and O–H groups in total. The van der Waals surface area contributed by atoms with Crippen LogP contribution in [0.5, 0.6) is 0 Å². The van der Waals surface area contributed by atoms with Gasteiger partial charge in [-0.05, 0) is 69.1 Å². The Hall–Kier alpha value is -3.82. The van der Waals surface area contributed by atoms with Crippen LogP contribution in [0.3, 0.4) is 0 Å². The fraction of sp³-hybridized carbons (Fsp3) is 0.357. The Bertz CT molecular complexity index is 1340. The summed E-state index contributed by atoms with van der Waals surface area (Å²) in [5.74, 6) is 0.772. The quantitative estimate of drug-likeness (QED) is 0.344. The monoisotopic (exact) mass is 499 g/mol. The van der Waals surface area contributed by atoms with E-state index in [1.807, 2.05) is 0 Å². The lowest BCUT2D eigenvalue weighted by Gasteiger charge is -2.32. The highest BCUT2D eigenvalue weighted by Gasteiger charge is 2.48. The first-order chi connectivity index (χ1) is 17.7. The van der Waals surface area contributed by atoms with Gasteiger partial charge in [0, 0.05) is 36.9 Å². The third-order valence-corrected chi connectivity index (χ3v) is 6.86. The maximum atomic E-state index is 12.8. The second-order valence-electron chi connectivity index (χ2n) is 10.5. The van der Waals surface area contributed by atoms with Gasteiger partial charge in [-0.25, -0.2) is 9.97 Å². The van der Waals surface area contributed by atoms with Crippen molar-refractivity contribution in [2.75, 3.05) is 30.8 Å². The molecule has 9 heteroatoms. The average Bonchev–Trinajstić information content (AvgIpc) is 3.61. The molecule has 1 aliphatic heterocycles. The van der Waals surface area contributed by atoms with Crippen LogP contribution >= 0.6 is 0 Å². The number of pyridine rings is 1. The normalized spacial score (nSPS) is 16.1. The molecule has 5 rings (SSSR count). The van der Waals surface area contributed by atoms with Gasteiger partial charge in [-0.3, -0.25) is 4.79 Å². The number of nitrogens with zero attached hydrogens (tertiary/aromatic N) is 4. The first-order valence-electron chi connectivity index (χ1n) is 12.5. The summed E-state index contributed by atoms with van der Waals surface area (Å²) in [5, 5.41) is 19.6. The number of anilines is 4. The molecule has 9 nitrogen and oxygen atoms in total. The van der Waals surface area contributed by atoms with E-state index in [0.29, 0.717) is 35.2 Å². The molecule has 1 spiro atoms. The fourth-order valence-electron chi connectivity index (χ4n) is 4.91. The average molecular weight is 500 g/mol. The summed E-state index contributed by atoms with van der Waals surface area (Å²) < 4.78 is 0. The zero-order valence-corrected chi connectivity index (χ0v) is 21.5.